The molecule has 0 saturated heterocycles. The minimum Gasteiger partial charge on any atom is -0.310 e. The molecule has 0 aliphatic carbocycles. The summed E-state index contributed by atoms with van der Waals surface area (Å²) >= 11 is 0. The van der Waals surface area contributed by atoms with Gasteiger partial charge >= 0.3 is 0 Å². The number of benzene rings is 7. The van der Waals surface area contributed by atoms with Gasteiger partial charge in [-0.3, -0.25) is 0 Å². The number of anilines is 3. The average Bonchev–Trinajstić information content (AvgIpc) is 3.06. The molecule has 7 aromatic rings. The maximum atomic E-state index is 9.59. The number of fused-ring (bicyclic) bond motifs is 2. The van der Waals surface area contributed by atoms with Crippen LogP contribution in [0, 0.1) is 0 Å². The zero-order valence-electron chi connectivity index (χ0n) is 25.2. The summed E-state index contributed by atoms with van der Waals surface area (Å²) in [5, 5.41) is 3.88. The number of hydrogen-bond donors (Lipinski definition) is 0. The summed E-state index contributed by atoms with van der Waals surface area (Å²) < 4.78 is 36.6. The second-order valence-corrected chi connectivity index (χ2v) is 9.50. The van der Waals surface area contributed by atoms with Crippen LogP contribution in [0.15, 0.2) is 164 Å². The molecule has 7 rings (SSSR count). The highest BCUT2D eigenvalue weighted by Gasteiger charge is 2.16. The Balaban J connectivity index is 1.52. The highest BCUT2D eigenvalue weighted by Crippen LogP contribution is 2.41. The molecule has 0 aliphatic rings. The molecular formula is C38H27N. The fraction of sp³-hybridized carbons (Fsp3) is 0. The molecule has 7 aromatic carbocycles. The van der Waals surface area contributed by atoms with E-state index >= 15 is 0 Å². The molecule has 184 valence electrons. The Kier molecular flexibility index (Phi) is 4.86. The summed E-state index contributed by atoms with van der Waals surface area (Å²) in [6.45, 7) is 0. The van der Waals surface area contributed by atoms with Gasteiger partial charge in [-0.25, -0.2) is 0 Å². The molecule has 0 radical (unpaired) electrons. The van der Waals surface area contributed by atoms with Crippen LogP contribution in [0.3, 0.4) is 0 Å². The van der Waals surface area contributed by atoms with E-state index in [9.17, 15) is 1.37 Å². The lowest BCUT2D eigenvalue weighted by molar-refractivity contribution is 1.30. The van der Waals surface area contributed by atoms with Gasteiger partial charge in [-0.2, -0.15) is 0 Å². The largest absolute Gasteiger partial charge is 0.310 e. The molecule has 0 spiro atoms. The van der Waals surface area contributed by atoms with E-state index in [1.54, 1.807) is 0 Å². The Morgan fingerprint density at radius 2 is 1.05 bits per heavy atom. The van der Waals surface area contributed by atoms with Crippen molar-refractivity contribution in [1.82, 2.24) is 0 Å². The maximum Gasteiger partial charge on any atom is 0.0651 e. The first kappa shape index (κ1) is 19.0. The van der Waals surface area contributed by atoms with Crippen LogP contribution in [0.25, 0.3) is 43.8 Å². The van der Waals surface area contributed by atoms with Gasteiger partial charge in [-0.15, -0.1) is 0 Å². The molecule has 1 nitrogen and oxygen atoms in total. The second kappa shape index (κ2) is 9.96. The zero-order chi connectivity index (χ0) is 29.5. The van der Waals surface area contributed by atoms with E-state index in [1.807, 2.05) is 132 Å². The van der Waals surface area contributed by atoms with Crippen molar-refractivity contribution in [3.05, 3.63) is 164 Å². The lowest BCUT2D eigenvalue weighted by Crippen LogP contribution is -2.10. The highest BCUT2D eigenvalue weighted by molar-refractivity contribution is 6.00. The standard InChI is InChI=1S/C38H27N/c1-2-11-28(12-3-1)29-23-25-33(26-24-29)39(38-22-10-16-31-14-5-7-20-37(31)38)34-18-8-17-32(27-34)36-21-9-15-30-13-4-6-19-35(30)36/h1-27H/i8D,17D,18D,27D. The Labute approximate surface area is 234 Å². The topological polar surface area (TPSA) is 3.24 Å². The maximum absolute atomic E-state index is 9.59. The van der Waals surface area contributed by atoms with Gasteiger partial charge in [0.05, 0.1) is 11.2 Å². The number of hydrogen-bond acceptors (Lipinski definition) is 1. The molecule has 39 heavy (non-hydrogen) atoms. The summed E-state index contributed by atoms with van der Waals surface area (Å²) in [7, 11) is 0. The molecule has 0 saturated carbocycles. The molecule has 0 aliphatic heterocycles. The molecule has 0 amide bonds. The van der Waals surface area contributed by atoms with E-state index in [0.29, 0.717) is 11.1 Å². The molecule has 0 atom stereocenters. The molecule has 0 fully saturated rings. The Hall–Kier alpha value is -5.14. The van der Waals surface area contributed by atoms with Crippen molar-refractivity contribution in [2.45, 2.75) is 0 Å². The Bertz CT molecular complexity index is 2110. The average molecular weight is 502 g/mol. The van der Waals surface area contributed by atoms with Gasteiger partial charge in [0.15, 0.2) is 0 Å². The normalized spacial score (nSPS) is 12.5. The molecule has 0 bridgehead atoms. The van der Waals surface area contributed by atoms with Gasteiger partial charge in [-0.1, -0.05) is 133 Å². The van der Waals surface area contributed by atoms with Crippen molar-refractivity contribution in [2.75, 3.05) is 4.90 Å². The summed E-state index contributed by atoms with van der Waals surface area (Å²) in [6.07, 6.45) is 0. The predicted octanol–water partition coefficient (Wildman–Crippen LogP) is 10.8. The van der Waals surface area contributed by atoms with Gasteiger partial charge < -0.3 is 4.90 Å². The lowest BCUT2D eigenvalue weighted by Gasteiger charge is -2.27. The van der Waals surface area contributed by atoms with Crippen LogP contribution in [0.1, 0.15) is 5.48 Å². The van der Waals surface area contributed by atoms with Crippen molar-refractivity contribution in [3.8, 4) is 22.3 Å². The first-order valence-corrected chi connectivity index (χ1v) is 13.0. The van der Waals surface area contributed by atoms with Crippen molar-refractivity contribution in [2.24, 2.45) is 0 Å². The van der Waals surface area contributed by atoms with E-state index in [1.165, 1.54) is 0 Å². The molecule has 0 aromatic heterocycles. The van der Waals surface area contributed by atoms with Gasteiger partial charge in [0, 0.05) is 16.8 Å². The molecule has 0 heterocycles. The fourth-order valence-corrected chi connectivity index (χ4v) is 5.25. The van der Waals surface area contributed by atoms with Crippen LogP contribution in [0.2, 0.25) is 0 Å². The highest BCUT2D eigenvalue weighted by atomic mass is 15.1. The van der Waals surface area contributed by atoms with E-state index in [4.69, 9.17) is 4.11 Å². The minimum absolute atomic E-state index is 0.0439. The van der Waals surface area contributed by atoms with Crippen molar-refractivity contribution >= 4 is 38.6 Å². The van der Waals surface area contributed by atoms with Gasteiger partial charge in [0.25, 0.3) is 0 Å². The molecule has 0 unspecified atom stereocenters. The summed E-state index contributed by atoms with van der Waals surface area (Å²) in [4.78, 5) is 1.91. The summed E-state index contributed by atoms with van der Waals surface area (Å²) in [6, 6.07) is 45.6. The third kappa shape index (κ3) is 4.35. The van der Waals surface area contributed by atoms with Gasteiger partial charge in [0.1, 0.15) is 0 Å². The smallest absolute Gasteiger partial charge is 0.0651 e. The predicted molar refractivity (Wildman–Crippen MR) is 167 cm³/mol. The first-order chi connectivity index (χ1) is 21.0. The van der Waals surface area contributed by atoms with Gasteiger partial charge in [-0.05, 0) is 68.7 Å². The van der Waals surface area contributed by atoms with Crippen molar-refractivity contribution < 1.29 is 5.48 Å². The fourth-order valence-electron chi connectivity index (χ4n) is 5.25. The summed E-state index contributed by atoms with van der Waals surface area (Å²) in [5.74, 6) is 0. The Morgan fingerprint density at radius 1 is 0.436 bits per heavy atom. The first-order valence-electron chi connectivity index (χ1n) is 15.0. The quantitative estimate of drug-likeness (QED) is 0.227. The monoisotopic (exact) mass is 501 g/mol. The van der Waals surface area contributed by atoms with Gasteiger partial charge in [0.2, 0.25) is 0 Å². The number of nitrogens with zero attached hydrogens (tertiary/aromatic N) is 1. The third-order valence-electron chi connectivity index (χ3n) is 7.13. The summed E-state index contributed by atoms with van der Waals surface area (Å²) in [5.41, 5.74) is 5.04. The zero-order valence-corrected chi connectivity index (χ0v) is 21.2. The minimum atomic E-state index is -0.208. The van der Waals surface area contributed by atoms with Crippen molar-refractivity contribution in [1.29, 1.82) is 0 Å². The van der Waals surface area contributed by atoms with E-state index in [2.05, 4.69) is 12.1 Å². The van der Waals surface area contributed by atoms with E-state index in [-0.39, 0.29) is 29.9 Å². The van der Waals surface area contributed by atoms with Crippen molar-refractivity contribution in [3.63, 3.8) is 0 Å². The van der Waals surface area contributed by atoms with Crippen LogP contribution >= 0.6 is 0 Å². The molecular weight excluding hydrogens is 470 g/mol. The van der Waals surface area contributed by atoms with Crippen LogP contribution < -0.4 is 4.90 Å². The third-order valence-corrected chi connectivity index (χ3v) is 7.13. The van der Waals surface area contributed by atoms with Crippen LogP contribution in [0.5, 0.6) is 0 Å². The Morgan fingerprint density at radius 3 is 1.85 bits per heavy atom. The molecule has 1 heteroatoms. The second-order valence-electron chi connectivity index (χ2n) is 9.50. The van der Waals surface area contributed by atoms with E-state index < -0.39 is 0 Å². The van der Waals surface area contributed by atoms with Crippen LogP contribution in [-0.4, -0.2) is 0 Å². The SMILES string of the molecule is [2H]c1c([2H])c(-c2cccc3ccccc23)c([2H])c(N(c2ccc(-c3ccccc3)cc2)c2cccc3ccccc23)c1[2H]. The molecule has 0 N–H and O–H groups in total. The van der Waals surface area contributed by atoms with Crippen LogP contribution in [-0.2, 0) is 0 Å². The lowest BCUT2D eigenvalue weighted by atomic mass is 9.97. The number of rotatable bonds is 5. The van der Waals surface area contributed by atoms with E-state index in [0.717, 1.165) is 44.0 Å². The van der Waals surface area contributed by atoms with Crippen LogP contribution in [0.4, 0.5) is 17.1 Å².